The summed E-state index contributed by atoms with van der Waals surface area (Å²) in [5, 5.41) is 13.3. The third kappa shape index (κ3) is 8.32. The quantitative estimate of drug-likeness (QED) is 0.231. The van der Waals surface area contributed by atoms with Crippen molar-refractivity contribution in [3.05, 3.63) is 83.9 Å². The molecule has 0 spiro atoms. The molecular weight excluding hydrogens is 554 g/mol. The molecule has 2 bridgehead atoms. The van der Waals surface area contributed by atoms with Crippen molar-refractivity contribution in [1.82, 2.24) is 10.2 Å². The fraction of sp³-hybridized carbons (Fsp3) is 0.444. The molecule has 2 amide bonds. The van der Waals surface area contributed by atoms with Gasteiger partial charge in [0.15, 0.2) is 0 Å². The summed E-state index contributed by atoms with van der Waals surface area (Å²) in [5.41, 5.74) is 4.44. The van der Waals surface area contributed by atoms with Crippen molar-refractivity contribution in [2.24, 2.45) is 5.92 Å². The van der Waals surface area contributed by atoms with Gasteiger partial charge in [0.2, 0.25) is 0 Å². The summed E-state index contributed by atoms with van der Waals surface area (Å²) in [6.07, 6.45) is 3.10. The Morgan fingerprint density at radius 3 is 2.30 bits per heavy atom. The zero-order valence-corrected chi connectivity index (χ0v) is 26.1. The fourth-order valence-corrected chi connectivity index (χ4v) is 6.29. The molecule has 1 unspecified atom stereocenters. The summed E-state index contributed by atoms with van der Waals surface area (Å²) in [6, 6.07) is 24.2. The Morgan fingerprint density at radius 2 is 1.66 bits per heavy atom. The van der Waals surface area contributed by atoms with E-state index in [1.165, 1.54) is 0 Å². The van der Waals surface area contributed by atoms with E-state index in [-0.39, 0.29) is 6.04 Å². The third-order valence-electron chi connectivity index (χ3n) is 8.45. The van der Waals surface area contributed by atoms with Crippen LogP contribution in [-0.2, 0) is 17.6 Å². The van der Waals surface area contributed by atoms with Crippen LogP contribution in [0.2, 0.25) is 0 Å². The zero-order chi connectivity index (χ0) is 31.1. The summed E-state index contributed by atoms with van der Waals surface area (Å²) in [5.74, 6) is 1.19. The lowest BCUT2D eigenvalue weighted by molar-refractivity contribution is 0.0528. The van der Waals surface area contributed by atoms with Gasteiger partial charge in [-0.1, -0.05) is 54.6 Å². The van der Waals surface area contributed by atoms with Gasteiger partial charge in [0.05, 0.1) is 18.3 Å². The van der Waals surface area contributed by atoms with Gasteiger partial charge in [0.25, 0.3) is 0 Å². The summed E-state index contributed by atoms with van der Waals surface area (Å²) in [6.45, 7) is 9.51. The van der Waals surface area contributed by atoms with Gasteiger partial charge in [-0.15, -0.1) is 0 Å². The van der Waals surface area contributed by atoms with Crippen molar-refractivity contribution in [2.45, 2.75) is 64.5 Å². The first-order valence-electron chi connectivity index (χ1n) is 15.8. The number of aryl methyl sites for hydroxylation is 1. The third-order valence-corrected chi connectivity index (χ3v) is 8.45. The maximum absolute atomic E-state index is 12.8. The molecule has 8 nitrogen and oxygen atoms in total. The number of hydrogen-bond acceptors (Lipinski definition) is 5. The van der Waals surface area contributed by atoms with Gasteiger partial charge in [-0.2, -0.15) is 0 Å². The van der Waals surface area contributed by atoms with E-state index in [1.807, 2.05) is 75.4 Å². The van der Waals surface area contributed by atoms with Crippen molar-refractivity contribution in [1.29, 1.82) is 0 Å². The van der Waals surface area contributed by atoms with E-state index in [0.29, 0.717) is 25.5 Å². The van der Waals surface area contributed by atoms with Gasteiger partial charge in [0.1, 0.15) is 11.4 Å². The van der Waals surface area contributed by atoms with E-state index in [4.69, 9.17) is 9.47 Å². The maximum Gasteiger partial charge on any atom is 0.412 e. The molecule has 3 fully saturated rings. The normalized spacial score (nSPS) is 19.3. The standard InChI is InChI=1S/C36H45N3O5/c1-36(2,3)44-34(40)37-20-17-26-11-14-30(15-12-26)43-23-7-8-27-13-16-31(28-9-5-4-6-10-28)32(24-27)39(35(41)42)33-25-38-21-18-29(33)19-22-38/h4-6,9-16,24,29,33H,7-8,17-23,25H2,1-3H3,(H,37,40)(H,41,42). The number of carbonyl (C=O) groups excluding carboxylic acids is 1. The molecule has 3 saturated heterocycles. The molecule has 1 atom stereocenters. The van der Waals surface area contributed by atoms with E-state index >= 15 is 0 Å². The van der Waals surface area contributed by atoms with Crippen LogP contribution < -0.4 is 15.0 Å². The van der Waals surface area contributed by atoms with Crippen molar-refractivity contribution < 1.29 is 24.2 Å². The van der Waals surface area contributed by atoms with Crippen LogP contribution in [0.3, 0.4) is 0 Å². The topological polar surface area (TPSA) is 91.3 Å². The molecule has 2 N–H and O–H groups in total. The average Bonchev–Trinajstić information content (AvgIpc) is 3.00. The predicted octanol–water partition coefficient (Wildman–Crippen LogP) is 7.01. The van der Waals surface area contributed by atoms with Gasteiger partial charge < -0.3 is 24.8 Å². The number of rotatable bonds is 11. The molecule has 3 aromatic carbocycles. The summed E-state index contributed by atoms with van der Waals surface area (Å²) in [7, 11) is 0. The monoisotopic (exact) mass is 599 g/mol. The Morgan fingerprint density at radius 1 is 0.955 bits per heavy atom. The van der Waals surface area contributed by atoms with Gasteiger partial charge in [-0.3, -0.25) is 4.90 Å². The number of nitrogens with one attached hydrogen (secondary N) is 1. The van der Waals surface area contributed by atoms with Gasteiger partial charge >= 0.3 is 12.2 Å². The molecule has 3 aliphatic rings. The number of benzene rings is 3. The van der Waals surface area contributed by atoms with Crippen LogP contribution in [0, 0.1) is 5.92 Å². The van der Waals surface area contributed by atoms with Crippen molar-refractivity contribution in [2.75, 3.05) is 37.7 Å². The molecule has 6 rings (SSSR count). The van der Waals surface area contributed by atoms with Crippen LogP contribution in [0.1, 0.15) is 51.2 Å². The SMILES string of the molecule is CC(C)(C)OC(=O)NCCc1ccc(OCCCc2ccc(-c3ccccc3)c(N(C(=O)O)C3CN4CCC3CC4)c2)cc1. The molecule has 3 aliphatic heterocycles. The molecule has 234 valence electrons. The number of piperidine rings is 3. The minimum atomic E-state index is -0.884. The lowest BCUT2D eigenvalue weighted by Crippen LogP contribution is -2.59. The highest BCUT2D eigenvalue weighted by molar-refractivity contribution is 5.94. The van der Waals surface area contributed by atoms with Gasteiger partial charge in [0, 0.05) is 18.7 Å². The number of ether oxygens (including phenoxy) is 2. The summed E-state index contributed by atoms with van der Waals surface area (Å²) < 4.78 is 11.3. The molecule has 0 radical (unpaired) electrons. The van der Waals surface area contributed by atoms with E-state index in [9.17, 15) is 14.7 Å². The van der Waals surface area contributed by atoms with Crippen molar-refractivity contribution in [3.8, 4) is 16.9 Å². The molecule has 0 aliphatic carbocycles. The first-order chi connectivity index (χ1) is 21.2. The number of amides is 2. The molecule has 0 saturated carbocycles. The van der Waals surface area contributed by atoms with Crippen LogP contribution in [0.15, 0.2) is 72.8 Å². The number of anilines is 1. The number of carboxylic acid groups (broad SMARTS) is 1. The Balaban J connectivity index is 1.19. The first kappa shape index (κ1) is 31.4. The van der Waals surface area contributed by atoms with Crippen molar-refractivity contribution >= 4 is 17.9 Å². The van der Waals surface area contributed by atoms with Gasteiger partial charge in [-0.05, 0) is 107 Å². The molecule has 3 aromatic rings. The number of alkyl carbamates (subject to hydrolysis) is 1. The summed E-state index contributed by atoms with van der Waals surface area (Å²) >= 11 is 0. The molecule has 0 aromatic heterocycles. The number of carbonyl (C=O) groups is 2. The van der Waals surface area contributed by atoms with E-state index in [2.05, 4.69) is 28.4 Å². The Bertz CT molecular complexity index is 1400. The highest BCUT2D eigenvalue weighted by atomic mass is 16.6. The van der Waals surface area contributed by atoms with E-state index < -0.39 is 17.8 Å². The minimum Gasteiger partial charge on any atom is -0.494 e. The minimum absolute atomic E-state index is 0.0351. The number of nitrogens with zero attached hydrogens (tertiary/aromatic N) is 2. The molecular formula is C36H45N3O5. The van der Waals surface area contributed by atoms with Crippen LogP contribution >= 0.6 is 0 Å². The zero-order valence-electron chi connectivity index (χ0n) is 26.1. The summed E-state index contributed by atoms with van der Waals surface area (Å²) in [4.78, 5) is 28.7. The van der Waals surface area contributed by atoms with Crippen LogP contribution in [0.25, 0.3) is 11.1 Å². The Kier molecular flexibility index (Phi) is 10.1. The second-order valence-corrected chi connectivity index (χ2v) is 12.9. The average molecular weight is 600 g/mol. The van der Waals surface area contributed by atoms with Crippen LogP contribution in [0.5, 0.6) is 5.75 Å². The first-order valence-corrected chi connectivity index (χ1v) is 15.8. The Hall–Kier alpha value is -4.04. The second-order valence-electron chi connectivity index (χ2n) is 12.9. The number of hydrogen-bond donors (Lipinski definition) is 2. The lowest BCUT2D eigenvalue weighted by Gasteiger charge is -2.48. The largest absolute Gasteiger partial charge is 0.494 e. The van der Waals surface area contributed by atoms with E-state index in [1.54, 1.807) is 4.90 Å². The molecule has 44 heavy (non-hydrogen) atoms. The van der Waals surface area contributed by atoms with Crippen molar-refractivity contribution in [3.63, 3.8) is 0 Å². The maximum atomic E-state index is 12.8. The van der Waals surface area contributed by atoms with Crippen LogP contribution in [0.4, 0.5) is 15.3 Å². The van der Waals surface area contributed by atoms with Gasteiger partial charge in [-0.25, -0.2) is 9.59 Å². The second kappa shape index (κ2) is 14.2. The van der Waals surface area contributed by atoms with Crippen LogP contribution in [-0.4, -0.2) is 66.6 Å². The molecule has 3 heterocycles. The highest BCUT2D eigenvalue weighted by Crippen LogP contribution is 2.39. The lowest BCUT2D eigenvalue weighted by atomic mass is 9.82. The number of fused-ring (bicyclic) bond motifs is 3. The smallest absolute Gasteiger partial charge is 0.412 e. The predicted molar refractivity (Wildman–Crippen MR) is 174 cm³/mol. The molecule has 8 heteroatoms. The Labute approximate surface area is 261 Å². The fourth-order valence-electron chi connectivity index (χ4n) is 6.29. The van der Waals surface area contributed by atoms with E-state index in [0.717, 1.165) is 79.0 Å². The highest BCUT2D eigenvalue weighted by Gasteiger charge is 2.40.